The summed E-state index contributed by atoms with van der Waals surface area (Å²) in [7, 11) is 0. The highest BCUT2D eigenvalue weighted by molar-refractivity contribution is 4.70. The van der Waals surface area contributed by atoms with Gasteiger partial charge < -0.3 is 9.59 Å². The zero-order valence-electron chi connectivity index (χ0n) is 12.3. The molecule has 1 atom stereocenters. The van der Waals surface area contributed by atoms with Crippen LogP contribution in [0.5, 0.6) is 0 Å². The van der Waals surface area contributed by atoms with Crippen molar-refractivity contribution in [3.05, 3.63) is 0 Å². The van der Waals surface area contributed by atoms with Crippen LogP contribution in [0.1, 0.15) is 59.8 Å². The topological polar surface area (TPSA) is 46.2 Å². The molecule has 0 aromatic rings. The van der Waals surface area contributed by atoms with Crippen molar-refractivity contribution in [1.29, 1.82) is 0 Å². The molecule has 0 aromatic carbocycles. The van der Waals surface area contributed by atoms with Crippen LogP contribution in [-0.4, -0.2) is 41.5 Å². The van der Waals surface area contributed by atoms with Crippen LogP contribution in [0.25, 0.3) is 0 Å². The number of aliphatic hydroxyl groups is 1. The van der Waals surface area contributed by atoms with E-state index in [0.717, 1.165) is 49.8 Å². The van der Waals surface area contributed by atoms with Crippen molar-refractivity contribution in [3.63, 3.8) is 0 Å². The fourth-order valence-corrected chi connectivity index (χ4v) is 2.66. The molecule has 0 spiro atoms. The van der Waals surface area contributed by atoms with Crippen LogP contribution in [0.2, 0.25) is 0 Å². The summed E-state index contributed by atoms with van der Waals surface area (Å²) >= 11 is 0. The largest absolute Gasteiger partial charge is 0.370 e. The minimum atomic E-state index is -0.990. The summed E-state index contributed by atoms with van der Waals surface area (Å²) in [5.41, 5.74) is 5.08. The third-order valence-electron chi connectivity index (χ3n) is 3.86. The van der Waals surface area contributed by atoms with Crippen molar-refractivity contribution in [2.75, 3.05) is 26.2 Å². The molecule has 17 heavy (non-hydrogen) atoms. The summed E-state index contributed by atoms with van der Waals surface area (Å²) in [6.45, 7) is 12.7. The number of nitrogens with zero attached hydrogens (tertiary/aromatic N) is 1. The first-order valence-corrected chi connectivity index (χ1v) is 7.31. The molecule has 0 rings (SSSR count). The third-order valence-corrected chi connectivity index (χ3v) is 3.86. The van der Waals surface area contributed by atoms with Gasteiger partial charge in [-0.2, -0.15) is 0 Å². The van der Waals surface area contributed by atoms with E-state index in [1.165, 1.54) is 6.42 Å². The number of unbranched alkanes of at least 4 members (excludes halogenated alkanes) is 2. The van der Waals surface area contributed by atoms with Gasteiger partial charge in [0.2, 0.25) is 0 Å². The Balaban J connectivity index is 4.39. The van der Waals surface area contributed by atoms with E-state index in [-0.39, 0.29) is 0 Å². The number of hydrogen-bond donors (Lipinski definition) is 2. The third kappa shape index (κ3) is 6.39. The lowest BCUT2D eigenvalue weighted by Gasteiger charge is -2.41. The van der Waals surface area contributed by atoms with Gasteiger partial charge in [-0.1, -0.05) is 26.7 Å². The number of likely N-dealkylation sites (N-methyl/N-ethyl adjacent to an activating group) is 1. The maximum atomic E-state index is 10.3. The maximum Gasteiger partial charge on any atom is 0.163 e. The Hall–Kier alpha value is -0.120. The molecule has 0 aliphatic rings. The number of quaternary nitrogens is 1. The molecule has 0 radical (unpaired) electrons. The highest BCUT2D eigenvalue weighted by atomic mass is 16.3. The Labute approximate surface area is 108 Å². The van der Waals surface area contributed by atoms with E-state index in [2.05, 4.69) is 27.7 Å². The predicted octanol–water partition coefficient (Wildman–Crippen LogP) is 2.48. The van der Waals surface area contributed by atoms with Crippen LogP contribution in [-0.2, 0) is 0 Å². The minimum absolute atomic E-state index is 0.692. The van der Waals surface area contributed by atoms with E-state index in [9.17, 15) is 5.11 Å². The van der Waals surface area contributed by atoms with Crippen molar-refractivity contribution in [2.24, 2.45) is 5.73 Å². The Morgan fingerprint density at radius 2 is 1.59 bits per heavy atom. The number of hydrogen-bond acceptors (Lipinski definition) is 2. The summed E-state index contributed by atoms with van der Waals surface area (Å²) in [5.74, 6) is 0. The van der Waals surface area contributed by atoms with E-state index in [0.29, 0.717) is 6.54 Å². The van der Waals surface area contributed by atoms with Crippen LogP contribution < -0.4 is 5.73 Å². The molecule has 0 saturated heterocycles. The molecular weight excluding hydrogens is 212 g/mol. The van der Waals surface area contributed by atoms with Gasteiger partial charge in [0, 0.05) is 0 Å². The first-order chi connectivity index (χ1) is 7.95. The van der Waals surface area contributed by atoms with Crippen molar-refractivity contribution in [2.45, 2.75) is 65.5 Å². The van der Waals surface area contributed by atoms with Crippen LogP contribution in [0.3, 0.4) is 0 Å². The molecular formula is C14H33N2O+. The predicted molar refractivity (Wildman–Crippen MR) is 74.6 cm³/mol. The Morgan fingerprint density at radius 3 is 2.00 bits per heavy atom. The van der Waals surface area contributed by atoms with Gasteiger partial charge >= 0.3 is 0 Å². The van der Waals surface area contributed by atoms with Gasteiger partial charge in [0.05, 0.1) is 19.6 Å². The molecule has 0 aliphatic carbocycles. The highest BCUT2D eigenvalue weighted by Gasteiger charge is 2.33. The average molecular weight is 245 g/mol. The maximum absolute atomic E-state index is 10.3. The van der Waals surface area contributed by atoms with Crippen LogP contribution in [0.15, 0.2) is 0 Å². The van der Waals surface area contributed by atoms with Crippen LogP contribution in [0.4, 0.5) is 0 Å². The molecule has 3 nitrogen and oxygen atoms in total. The van der Waals surface area contributed by atoms with Gasteiger partial charge in [-0.25, -0.2) is 0 Å². The van der Waals surface area contributed by atoms with Crippen LogP contribution >= 0.6 is 0 Å². The van der Waals surface area contributed by atoms with Crippen molar-refractivity contribution in [1.82, 2.24) is 0 Å². The van der Waals surface area contributed by atoms with Crippen molar-refractivity contribution in [3.8, 4) is 0 Å². The molecule has 0 aliphatic heterocycles. The molecule has 0 saturated carbocycles. The summed E-state index contributed by atoms with van der Waals surface area (Å²) in [5, 5.41) is 10.3. The fourth-order valence-electron chi connectivity index (χ4n) is 2.66. The molecule has 0 heterocycles. The highest BCUT2D eigenvalue weighted by Crippen LogP contribution is 2.17. The van der Waals surface area contributed by atoms with Crippen molar-refractivity contribution >= 4 is 0 Å². The molecule has 1 unspecified atom stereocenters. The molecule has 3 N–H and O–H groups in total. The SMILES string of the molecule is CCCCCC(N)(O)C[N+](CC)(CC)CCC. The molecule has 104 valence electrons. The first kappa shape index (κ1) is 16.9. The van der Waals surface area contributed by atoms with Gasteiger partial charge in [0.1, 0.15) is 6.54 Å². The Kier molecular flexibility index (Phi) is 8.01. The minimum Gasteiger partial charge on any atom is -0.370 e. The normalized spacial score (nSPS) is 15.9. The summed E-state index contributed by atoms with van der Waals surface area (Å²) in [6.07, 6.45) is 5.23. The van der Waals surface area contributed by atoms with E-state index >= 15 is 0 Å². The fraction of sp³-hybridized carbons (Fsp3) is 1.00. The van der Waals surface area contributed by atoms with Crippen LogP contribution in [0, 0.1) is 0 Å². The lowest BCUT2D eigenvalue weighted by Crippen LogP contribution is -2.60. The zero-order chi connectivity index (χ0) is 13.4. The second kappa shape index (κ2) is 8.06. The lowest BCUT2D eigenvalue weighted by atomic mass is 10.0. The summed E-state index contributed by atoms with van der Waals surface area (Å²) in [4.78, 5) is 0. The Bertz CT molecular complexity index is 189. The van der Waals surface area contributed by atoms with E-state index in [4.69, 9.17) is 5.73 Å². The number of rotatable bonds is 10. The van der Waals surface area contributed by atoms with Crippen molar-refractivity contribution < 1.29 is 9.59 Å². The van der Waals surface area contributed by atoms with Gasteiger partial charge in [0.25, 0.3) is 0 Å². The summed E-state index contributed by atoms with van der Waals surface area (Å²) < 4.78 is 0.940. The van der Waals surface area contributed by atoms with E-state index in [1.807, 2.05) is 0 Å². The van der Waals surface area contributed by atoms with Gasteiger partial charge in [-0.3, -0.25) is 5.73 Å². The molecule has 0 amide bonds. The van der Waals surface area contributed by atoms with E-state index < -0.39 is 5.72 Å². The molecule has 0 fully saturated rings. The zero-order valence-corrected chi connectivity index (χ0v) is 12.3. The van der Waals surface area contributed by atoms with Gasteiger partial charge in [0.15, 0.2) is 5.72 Å². The second-order valence-corrected chi connectivity index (χ2v) is 5.42. The van der Waals surface area contributed by atoms with E-state index in [1.54, 1.807) is 0 Å². The second-order valence-electron chi connectivity index (χ2n) is 5.42. The van der Waals surface area contributed by atoms with Gasteiger partial charge in [-0.05, 0) is 33.1 Å². The average Bonchev–Trinajstić information content (AvgIpc) is 2.28. The molecule has 0 aromatic heterocycles. The number of nitrogens with two attached hydrogens (primary N) is 1. The Morgan fingerprint density at radius 1 is 1.00 bits per heavy atom. The monoisotopic (exact) mass is 245 g/mol. The standard InChI is InChI=1S/C14H33N2O/c1-5-9-10-11-14(15,17)13-16(7-3,8-4)12-6-2/h17H,5-13,15H2,1-4H3/q+1. The van der Waals surface area contributed by atoms with Gasteiger partial charge in [-0.15, -0.1) is 0 Å². The molecule has 3 heteroatoms. The quantitative estimate of drug-likeness (QED) is 0.353. The lowest BCUT2D eigenvalue weighted by molar-refractivity contribution is -0.930. The molecule has 0 bridgehead atoms. The smallest absolute Gasteiger partial charge is 0.163 e. The summed E-state index contributed by atoms with van der Waals surface area (Å²) in [6, 6.07) is 0. The first-order valence-electron chi connectivity index (χ1n) is 7.31.